The second-order valence-corrected chi connectivity index (χ2v) is 3.90. The van der Waals surface area contributed by atoms with E-state index in [1.54, 1.807) is 6.26 Å². The van der Waals surface area contributed by atoms with E-state index in [1.807, 2.05) is 0 Å². The smallest absolute Gasteiger partial charge is 0.236 e. The number of nitrogens with one attached hydrogen (secondary N) is 1. The van der Waals surface area contributed by atoms with Gasteiger partial charge in [-0.3, -0.25) is 4.79 Å². The number of carbonyl (C=O) groups excluding carboxylic acids is 1. The summed E-state index contributed by atoms with van der Waals surface area (Å²) in [4.78, 5) is 13.5. The van der Waals surface area contributed by atoms with Gasteiger partial charge in [-0.2, -0.15) is 0 Å². The highest BCUT2D eigenvalue weighted by molar-refractivity contribution is 8.00. The molecule has 0 aromatic rings. The molecule has 0 saturated heterocycles. The van der Waals surface area contributed by atoms with Crippen LogP contribution in [0, 0.1) is 0 Å². The minimum absolute atomic E-state index is 0.222. The zero-order valence-electron chi connectivity index (χ0n) is 6.17. The molecule has 1 rings (SSSR count). The van der Waals surface area contributed by atoms with Crippen LogP contribution in [-0.2, 0) is 4.79 Å². The second-order valence-electron chi connectivity index (χ2n) is 2.07. The van der Waals surface area contributed by atoms with Crippen LogP contribution in [0.4, 0.5) is 0 Å². The molecule has 0 amide bonds. The van der Waals surface area contributed by atoms with Crippen LogP contribution in [0.2, 0.25) is 0 Å². The highest BCUT2D eigenvalue weighted by Gasteiger charge is 2.30. The van der Waals surface area contributed by atoms with Gasteiger partial charge < -0.3 is 5.32 Å². The maximum atomic E-state index is 10.7. The Morgan fingerprint density at radius 2 is 2.42 bits per heavy atom. The predicted molar refractivity (Wildman–Crippen MR) is 52.7 cm³/mol. The van der Waals surface area contributed by atoms with Crippen molar-refractivity contribution in [1.29, 1.82) is 0 Å². The van der Waals surface area contributed by atoms with E-state index in [-0.39, 0.29) is 5.17 Å². The quantitative estimate of drug-likeness (QED) is 0.572. The Kier molecular flexibility index (Phi) is 3.04. The summed E-state index contributed by atoms with van der Waals surface area (Å²) in [5.41, 5.74) is 0. The van der Waals surface area contributed by atoms with Crippen LogP contribution in [0.3, 0.4) is 0 Å². The van der Waals surface area contributed by atoms with Crippen molar-refractivity contribution in [2.24, 2.45) is 4.99 Å². The van der Waals surface area contributed by atoms with Crippen LogP contribution in [0.1, 0.15) is 0 Å². The van der Waals surface area contributed by atoms with Gasteiger partial charge in [-0.15, -0.1) is 11.8 Å². The fraction of sp³-hybridized carbons (Fsp3) is 0.333. The largest absolute Gasteiger partial charge is 0.337 e. The molecule has 1 N–H and O–H groups in total. The third-order valence-corrected chi connectivity index (χ3v) is 2.60. The maximum Gasteiger partial charge on any atom is 0.236 e. The van der Waals surface area contributed by atoms with Gasteiger partial charge >= 0.3 is 0 Å². The first kappa shape index (κ1) is 9.89. The van der Waals surface area contributed by atoms with Crippen LogP contribution in [-0.4, -0.2) is 22.7 Å². The van der Waals surface area contributed by atoms with Crippen molar-refractivity contribution in [3.05, 3.63) is 11.2 Å². The van der Waals surface area contributed by atoms with Crippen LogP contribution >= 0.6 is 35.0 Å². The molecule has 1 unspecified atom stereocenters. The summed E-state index contributed by atoms with van der Waals surface area (Å²) >= 11 is 12.5. The number of hydrogen-bond donors (Lipinski definition) is 1. The van der Waals surface area contributed by atoms with Crippen molar-refractivity contribution in [1.82, 2.24) is 5.32 Å². The molecule has 0 aliphatic carbocycles. The molecule has 1 atom stereocenters. The van der Waals surface area contributed by atoms with Gasteiger partial charge in [-0.25, -0.2) is 4.99 Å². The van der Waals surface area contributed by atoms with Crippen LogP contribution in [0.15, 0.2) is 16.2 Å². The van der Waals surface area contributed by atoms with Gasteiger partial charge in [-0.1, -0.05) is 23.2 Å². The van der Waals surface area contributed by atoms with Gasteiger partial charge in [0.25, 0.3) is 0 Å². The number of aldehydes is 1. The van der Waals surface area contributed by atoms with Crippen molar-refractivity contribution in [2.75, 3.05) is 6.26 Å². The summed E-state index contributed by atoms with van der Waals surface area (Å²) in [6.07, 6.45) is 3.85. The van der Waals surface area contributed by atoms with Crippen molar-refractivity contribution in [2.45, 2.75) is 4.99 Å². The normalized spacial score (nSPS) is 28.6. The SMILES string of the molecule is CSC1(C=O)N=C(Cl)C=C(Cl)N1. The summed E-state index contributed by atoms with van der Waals surface area (Å²) in [5.74, 6) is 0. The Bertz CT molecular complexity index is 266. The number of allylic oxidation sites excluding steroid dienone is 1. The molecule has 0 aromatic carbocycles. The summed E-state index contributed by atoms with van der Waals surface area (Å²) < 4.78 is 0. The minimum atomic E-state index is -1.05. The average Bonchev–Trinajstić information content (AvgIpc) is 2.02. The number of halogens is 2. The molecule has 0 fully saturated rings. The minimum Gasteiger partial charge on any atom is -0.337 e. The Morgan fingerprint density at radius 3 is 2.83 bits per heavy atom. The average molecular weight is 225 g/mol. The highest BCUT2D eigenvalue weighted by Crippen LogP contribution is 2.25. The molecule has 0 bridgehead atoms. The standard InChI is InChI=1S/C6H6Cl2N2OS/c1-12-6(3-11)9-4(7)2-5(8)10-6/h2-3,9H,1H3. The third-order valence-electron chi connectivity index (χ3n) is 1.29. The fourth-order valence-corrected chi connectivity index (χ4v) is 1.88. The number of aliphatic imine (C=N–C) groups is 1. The lowest BCUT2D eigenvalue weighted by Crippen LogP contribution is -2.42. The van der Waals surface area contributed by atoms with Gasteiger partial charge in [0.2, 0.25) is 4.99 Å². The predicted octanol–water partition coefficient (Wildman–Crippen LogP) is 1.52. The molecular weight excluding hydrogens is 219 g/mol. The molecule has 1 aliphatic rings. The summed E-state index contributed by atoms with van der Waals surface area (Å²) in [6.45, 7) is 0. The van der Waals surface area contributed by atoms with Gasteiger partial charge in [0.05, 0.1) is 0 Å². The van der Waals surface area contributed by atoms with Crippen molar-refractivity contribution in [3.8, 4) is 0 Å². The van der Waals surface area contributed by atoms with E-state index < -0.39 is 4.99 Å². The van der Waals surface area contributed by atoms with Crippen molar-refractivity contribution < 1.29 is 4.79 Å². The number of nitrogens with zero attached hydrogens (tertiary/aromatic N) is 1. The van der Waals surface area contributed by atoms with E-state index in [1.165, 1.54) is 17.8 Å². The zero-order chi connectivity index (χ0) is 9.19. The van der Waals surface area contributed by atoms with Gasteiger partial charge in [0, 0.05) is 6.08 Å². The molecule has 0 spiro atoms. The summed E-state index contributed by atoms with van der Waals surface area (Å²) in [6, 6.07) is 0. The van der Waals surface area contributed by atoms with Gasteiger partial charge in [0.15, 0.2) is 6.29 Å². The van der Waals surface area contributed by atoms with Gasteiger partial charge in [0.1, 0.15) is 10.3 Å². The molecule has 0 aromatic heterocycles. The molecule has 12 heavy (non-hydrogen) atoms. The summed E-state index contributed by atoms with van der Waals surface area (Å²) in [7, 11) is 0. The third kappa shape index (κ3) is 1.94. The van der Waals surface area contributed by atoms with E-state index in [9.17, 15) is 4.79 Å². The van der Waals surface area contributed by atoms with E-state index in [4.69, 9.17) is 23.2 Å². The topological polar surface area (TPSA) is 41.5 Å². The number of carbonyl (C=O) groups is 1. The van der Waals surface area contributed by atoms with E-state index in [0.29, 0.717) is 11.4 Å². The first-order valence-electron chi connectivity index (χ1n) is 3.04. The van der Waals surface area contributed by atoms with Crippen molar-refractivity contribution in [3.63, 3.8) is 0 Å². The molecule has 3 nitrogen and oxygen atoms in total. The Labute approximate surface area is 84.2 Å². The maximum absolute atomic E-state index is 10.7. The van der Waals surface area contributed by atoms with Crippen LogP contribution in [0.25, 0.3) is 0 Å². The van der Waals surface area contributed by atoms with Crippen LogP contribution in [0.5, 0.6) is 0 Å². The van der Waals surface area contributed by atoms with Crippen molar-refractivity contribution >= 4 is 46.4 Å². The number of rotatable bonds is 2. The number of thioether (sulfide) groups is 1. The van der Waals surface area contributed by atoms with E-state index in [2.05, 4.69) is 10.3 Å². The lowest BCUT2D eigenvalue weighted by Gasteiger charge is -2.26. The van der Waals surface area contributed by atoms with E-state index >= 15 is 0 Å². The van der Waals surface area contributed by atoms with E-state index in [0.717, 1.165) is 0 Å². The Balaban J connectivity index is 2.97. The molecule has 0 saturated carbocycles. The zero-order valence-corrected chi connectivity index (χ0v) is 8.50. The monoisotopic (exact) mass is 224 g/mol. The lowest BCUT2D eigenvalue weighted by atomic mass is 10.4. The second kappa shape index (κ2) is 3.68. The summed E-state index contributed by atoms with van der Waals surface area (Å²) in [5, 5.41) is 3.25. The highest BCUT2D eigenvalue weighted by atomic mass is 35.5. The first-order valence-corrected chi connectivity index (χ1v) is 5.02. The molecule has 1 heterocycles. The fourth-order valence-electron chi connectivity index (χ4n) is 0.731. The lowest BCUT2D eigenvalue weighted by molar-refractivity contribution is -0.110. The Morgan fingerprint density at radius 1 is 1.75 bits per heavy atom. The first-order chi connectivity index (χ1) is 5.62. The molecular formula is C6H6Cl2N2OS. The van der Waals surface area contributed by atoms with Crippen LogP contribution < -0.4 is 5.32 Å². The molecule has 0 radical (unpaired) electrons. The molecule has 1 aliphatic heterocycles. The van der Waals surface area contributed by atoms with Gasteiger partial charge in [-0.05, 0) is 6.26 Å². The number of hydrogen-bond acceptors (Lipinski definition) is 4. The molecule has 66 valence electrons. The molecule has 6 heteroatoms. The Hall–Kier alpha value is -0.190.